The van der Waals surface area contributed by atoms with Crippen LogP contribution in [0.3, 0.4) is 0 Å². The molecular weight excluding hydrogens is 549 g/mol. The minimum Gasteiger partial charge on any atom is -0.542 e. The third-order valence-electron chi connectivity index (χ3n) is 7.80. The van der Waals surface area contributed by atoms with Crippen molar-refractivity contribution in [3.63, 3.8) is 0 Å². The number of benzene rings is 3. The van der Waals surface area contributed by atoms with Gasteiger partial charge in [-0.2, -0.15) is 13.2 Å². The predicted molar refractivity (Wildman–Crippen MR) is 149 cm³/mol. The van der Waals surface area contributed by atoms with Crippen molar-refractivity contribution < 1.29 is 41.8 Å². The number of esters is 1. The van der Waals surface area contributed by atoms with Gasteiger partial charge in [-0.05, 0) is 29.8 Å². The first-order valence-electron chi connectivity index (χ1n) is 14.0. The van der Waals surface area contributed by atoms with E-state index in [1.807, 2.05) is 78.9 Å². The van der Waals surface area contributed by atoms with Crippen molar-refractivity contribution in [3.8, 4) is 5.75 Å². The average Bonchev–Trinajstić information content (AvgIpc) is 2.99. The summed E-state index contributed by atoms with van der Waals surface area (Å²) >= 11 is 0. The monoisotopic (exact) mass is 584 g/mol. The van der Waals surface area contributed by atoms with Crippen LogP contribution in [0, 0.1) is 5.92 Å². The highest BCUT2D eigenvalue weighted by atomic mass is 19.4. The number of nitrogens with one attached hydrogen (secondary N) is 1. The number of aliphatic carboxylic acids is 1. The van der Waals surface area contributed by atoms with E-state index in [1.54, 1.807) is 0 Å². The molecule has 3 aliphatic heterocycles. The molecule has 3 fully saturated rings. The normalized spacial score (nSPS) is 21.8. The number of fused-ring (bicyclic) bond motifs is 3. The van der Waals surface area contributed by atoms with Crippen molar-refractivity contribution >= 4 is 17.6 Å². The number of carboxylic acids is 1. The van der Waals surface area contributed by atoms with Crippen molar-refractivity contribution in [3.05, 3.63) is 96.6 Å². The fourth-order valence-electron chi connectivity index (χ4n) is 5.55. The van der Waals surface area contributed by atoms with Crippen LogP contribution >= 0.6 is 0 Å². The summed E-state index contributed by atoms with van der Waals surface area (Å²) in [5.41, 5.74) is 2.05. The van der Waals surface area contributed by atoms with Crippen LogP contribution in [0.15, 0.2) is 91.0 Å². The zero-order chi connectivity index (χ0) is 30.0. The highest BCUT2D eigenvalue weighted by Crippen LogP contribution is 2.36. The number of hydrogen-bond acceptors (Lipinski definition) is 6. The molecule has 224 valence electrons. The Morgan fingerprint density at radius 2 is 1.45 bits per heavy atom. The standard InChI is InChI=1S/C30H35N2O3.C2HF3O2/c33-30(28(22-24-10-4-1-5-11-24)31-26-12-6-2-7-13-26)35-29-23-32(18-16-25(29)17-19-32)20-21-34-27-14-8-3-9-15-27;3-2(4,5)1(6)7/h1-15,25,28-29,31H,16-23H2;(H,6,7)/q+1;/p-1/t25?,28?,29-,32?;/m0./s1. The van der Waals surface area contributed by atoms with E-state index >= 15 is 0 Å². The Balaban J connectivity index is 0.000000517. The number of carbonyl (C=O) groups excluding carboxylic acids is 2. The van der Waals surface area contributed by atoms with Crippen molar-refractivity contribution in [2.24, 2.45) is 5.92 Å². The molecule has 2 bridgehead atoms. The number of halogens is 3. The lowest BCUT2D eigenvalue weighted by molar-refractivity contribution is -0.946. The van der Waals surface area contributed by atoms with Crippen molar-refractivity contribution in [2.75, 3.05) is 38.1 Å². The summed E-state index contributed by atoms with van der Waals surface area (Å²) in [6.45, 7) is 4.81. The second-order valence-corrected chi connectivity index (χ2v) is 10.7. The van der Waals surface area contributed by atoms with Crippen LogP contribution in [0.2, 0.25) is 0 Å². The van der Waals surface area contributed by atoms with Gasteiger partial charge in [0.05, 0.1) is 13.1 Å². The molecule has 1 N–H and O–H groups in total. The number of piperidine rings is 3. The lowest BCUT2D eigenvalue weighted by atomic mass is 9.83. The maximum atomic E-state index is 13.5. The van der Waals surface area contributed by atoms with Gasteiger partial charge in [0, 0.05) is 30.9 Å². The molecule has 3 saturated heterocycles. The van der Waals surface area contributed by atoms with Crippen LogP contribution in [-0.4, -0.2) is 67.5 Å². The van der Waals surface area contributed by atoms with Crippen LogP contribution in [0.5, 0.6) is 5.75 Å². The maximum Gasteiger partial charge on any atom is 0.430 e. The highest BCUT2D eigenvalue weighted by molar-refractivity contribution is 5.80. The zero-order valence-corrected chi connectivity index (χ0v) is 23.2. The summed E-state index contributed by atoms with van der Waals surface area (Å²) in [6.07, 6.45) is -2.41. The van der Waals surface area contributed by atoms with Gasteiger partial charge < -0.3 is 29.2 Å². The Morgan fingerprint density at radius 3 is 2.02 bits per heavy atom. The molecule has 2 atom stereocenters. The molecule has 0 aliphatic carbocycles. The summed E-state index contributed by atoms with van der Waals surface area (Å²) in [7, 11) is 0. The van der Waals surface area contributed by atoms with Crippen LogP contribution in [0.1, 0.15) is 18.4 Å². The van der Waals surface area contributed by atoms with Gasteiger partial charge in [-0.1, -0.05) is 66.7 Å². The average molecular weight is 585 g/mol. The molecular formula is C32H35F3N2O5. The zero-order valence-electron chi connectivity index (χ0n) is 23.2. The van der Waals surface area contributed by atoms with Gasteiger partial charge in [0.25, 0.3) is 0 Å². The lowest BCUT2D eigenvalue weighted by Gasteiger charge is -2.52. The Morgan fingerprint density at radius 1 is 0.905 bits per heavy atom. The van der Waals surface area contributed by atoms with E-state index in [0.717, 1.165) is 60.5 Å². The van der Waals surface area contributed by atoms with Crippen molar-refractivity contribution in [1.82, 2.24) is 0 Å². The van der Waals surface area contributed by atoms with Crippen LogP contribution in [-0.2, 0) is 20.7 Å². The SMILES string of the molecule is O=C(O[C@H]1C[N+]2(CCOc3ccccc3)CCC1CC2)C(Cc1ccccc1)Nc1ccccc1.O=C([O-])C(F)(F)F. The largest absolute Gasteiger partial charge is 0.542 e. The quantitative estimate of drug-likeness (QED) is 0.284. The maximum absolute atomic E-state index is 13.5. The van der Waals surface area contributed by atoms with Gasteiger partial charge >= 0.3 is 12.1 Å². The molecule has 42 heavy (non-hydrogen) atoms. The van der Waals surface area contributed by atoms with Crippen LogP contribution in [0.25, 0.3) is 0 Å². The Bertz CT molecular complexity index is 1230. The molecule has 3 aromatic carbocycles. The lowest BCUT2D eigenvalue weighted by Crippen LogP contribution is -2.65. The van der Waals surface area contributed by atoms with E-state index in [9.17, 15) is 18.0 Å². The van der Waals surface area contributed by atoms with Gasteiger partial charge in [-0.15, -0.1) is 0 Å². The van der Waals surface area contributed by atoms with Gasteiger partial charge in [-0.3, -0.25) is 0 Å². The minimum atomic E-state index is -5.19. The number of carboxylic acid groups (broad SMARTS) is 1. The molecule has 3 heterocycles. The molecule has 1 unspecified atom stereocenters. The summed E-state index contributed by atoms with van der Waals surface area (Å²) < 4.78 is 44.8. The number of carbonyl (C=O) groups is 2. The molecule has 10 heteroatoms. The second-order valence-electron chi connectivity index (χ2n) is 10.7. The molecule has 3 aromatic rings. The number of quaternary nitrogens is 1. The fraction of sp³-hybridized carbons (Fsp3) is 0.375. The van der Waals surface area contributed by atoms with E-state index in [0.29, 0.717) is 18.9 Å². The fourth-order valence-corrected chi connectivity index (χ4v) is 5.55. The van der Waals surface area contributed by atoms with Gasteiger partial charge in [0.1, 0.15) is 37.5 Å². The summed E-state index contributed by atoms with van der Waals surface area (Å²) in [4.78, 5) is 22.3. The number of nitrogens with zero attached hydrogens (tertiary/aromatic N) is 1. The molecule has 6 rings (SSSR count). The van der Waals surface area contributed by atoms with E-state index in [4.69, 9.17) is 19.4 Å². The number of hydrogen-bond donors (Lipinski definition) is 1. The van der Waals surface area contributed by atoms with E-state index in [1.165, 1.54) is 0 Å². The third kappa shape index (κ3) is 8.97. The first-order valence-corrected chi connectivity index (χ1v) is 14.0. The number of alkyl halides is 3. The van der Waals surface area contributed by atoms with Crippen LogP contribution in [0.4, 0.5) is 18.9 Å². The Hall–Kier alpha value is -4.05. The van der Waals surface area contributed by atoms with Gasteiger partial charge in [-0.25, -0.2) is 4.79 Å². The van der Waals surface area contributed by atoms with Gasteiger partial charge in [0.15, 0.2) is 6.10 Å². The smallest absolute Gasteiger partial charge is 0.430 e. The second kappa shape index (κ2) is 14.2. The molecule has 0 aromatic heterocycles. The number of para-hydroxylation sites is 2. The molecule has 7 nitrogen and oxygen atoms in total. The number of ether oxygens (including phenoxy) is 2. The summed E-state index contributed by atoms with van der Waals surface area (Å²) in [6, 6.07) is 29.6. The molecule has 0 spiro atoms. The van der Waals surface area contributed by atoms with Crippen molar-refractivity contribution in [1.29, 1.82) is 0 Å². The third-order valence-corrected chi connectivity index (χ3v) is 7.80. The van der Waals surface area contributed by atoms with E-state index in [2.05, 4.69) is 17.4 Å². The Labute approximate surface area is 243 Å². The summed E-state index contributed by atoms with van der Waals surface area (Å²) in [5, 5.41) is 12.2. The van der Waals surface area contributed by atoms with Gasteiger partial charge in [0.2, 0.25) is 0 Å². The van der Waals surface area contributed by atoms with E-state index < -0.39 is 18.2 Å². The first-order chi connectivity index (χ1) is 20.1. The molecule has 3 aliphatic rings. The molecule has 0 saturated carbocycles. The predicted octanol–water partition coefficient (Wildman–Crippen LogP) is 4.24. The Kier molecular flexibility index (Phi) is 10.5. The molecule has 0 radical (unpaired) electrons. The number of rotatable bonds is 10. The molecule has 0 amide bonds. The number of anilines is 1. The van der Waals surface area contributed by atoms with Crippen molar-refractivity contribution in [2.45, 2.75) is 37.6 Å². The van der Waals surface area contributed by atoms with E-state index in [-0.39, 0.29) is 12.1 Å². The summed E-state index contributed by atoms with van der Waals surface area (Å²) in [5.74, 6) is -1.79. The van der Waals surface area contributed by atoms with Crippen LogP contribution < -0.4 is 15.2 Å². The first kappa shape index (κ1) is 30.9. The minimum absolute atomic E-state index is 0.0300. The topological polar surface area (TPSA) is 87.7 Å². The highest BCUT2D eigenvalue weighted by Gasteiger charge is 2.48.